The third-order valence-corrected chi connectivity index (χ3v) is 3.67. The second-order valence-corrected chi connectivity index (χ2v) is 5.88. The average Bonchev–Trinajstić information content (AvgIpc) is 2.45. The summed E-state index contributed by atoms with van der Waals surface area (Å²) in [6.45, 7) is 9.46. The van der Waals surface area contributed by atoms with Crippen molar-refractivity contribution >= 4 is 0 Å². The van der Waals surface area contributed by atoms with E-state index in [0.717, 1.165) is 12.3 Å². The Labute approximate surface area is 128 Å². The molecule has 0 aliphatic carbocycles. The van der Waals surface area contributed by atoms with E-state index in [4.69, 9.17) is 4.74 Å². The van der Waals surface area contributed by atoms with Crippen molar-refractivity contribution in [1.82, 2.24) is 5.32 Å². The minimum atomic E-state index is 0.483. The molecule has 2 aromatic carbocycles. The lowest BCUT2D eigenvalue weighted by Gasteiger charge is -2.15. The third kappa shape index (κ3) is 3.85. The fourth-order valence-corrected chi connectivity index (χ4v) is 2.47. The first kappa shape index (κ1) is 15.6. The highest BCUT2D eigenvalue weighted by molar-refractivity contribution is 5.70. The summed E-state index contributed by atoms with van der Waals surface area (Å²) in [7, 11) is 1.71. The summed E-state index contributed by atoms with van der Waals surface area (Å²) in [5, 5.41) is 3.50. The molecule has 0 heterocycles. The monoisotopic (exact) mass is 283 g/mol. The first-order valence-corrected chi connectivity index (χ1v) is 7.49. The predicted molar refractivity (Wildman–Crippen MR) is 89.9 cm³/mol. The fraction of sp³-hybridized carbons (Fsp3) is 0.368. The number of methoxy groups -OCH3 is 1. The highest BCUT2D eigenvalue weighted by Crippen LogP contribution is 2.29. The third-order valence-electron chi connectivity index (χ3n) is 3.67. The first-order valence-electron chi connectivity index (χ1n) is 7.49. The predicted octanol–water partition coefficient (Wildman–Crippen LogP) is 4.48. The van der Waals surface area contributed by atoms with Crippen LogP contribution in [0.25, 0.3) is 11.1 Å². The van der Waals surface area contributed by atoms with Crippen LogP contribution in [0.2, 0.25) is 0 Å². The van der Waals surface area contributed by atoms with Gasteiger partial charge in [0.05, 0.1) is 7.11 Å². The molecule has 1 N–H and O–H groups in total. The SMILES string of the molecule is COc1ccc(-c2cc(C)ccc2CNC(C)C)cc1C. The molecule has 0 aromatic heterocycles. The van der Waals surface area contributed by atoms with Crippen LogP contribution in [0, 0.1) is 13.8 Å². The van der Waals surface area contributed by atoms with Gasteiger partial charge >= 0.3 is 0 Å². The molecule has 2 nitrogen and oxygen atoms in total. The summed E-state index contributed by atoms with van der Waals surface area (Å²) >= 11 is 0. The Balaban J connectivity index is 2.41. The van der Waals surface area contributed by atoms with Crippen LogP contribution in [0.1, 0.15) is 30.5 Å². The second kappa shape index (κ2) is 6.77. The van der Waals surface area contributed by atoms with E-state index in [2.05, 4.69) is 63.3 Å². The molecule has 0 atom stereocenters. The van der Waals surface area contributed by atoms with Crippen LogP contribution in [0.5, 0.6) is 5.75 Å². The zero-order valence-electron chi connectivity index (χ0n) is 13.7. The van der Waals surface area contributed by atoms with E-state index in [1.165, 1.54) is 27.8 Å². The smallest absolute Gasteiger partial charge is 0.121 e. The Hall–Kier alpha value is -1.80. The van der Waals surface area contributed by atoms with Gasteiger partial charge in [0.15, 0.2) is 0 Å². The van der Waals surface area contributed by atoms with Crippen LogP contribution in [0.3, 0.4) is 0 Å². The molecule has 2 rings (SSSR count). The summed E-state index contributed by atoms with van der Waals surface area (Å²) in [6, 6.07) is 13.5. The van der Waals surface area contributed by atoms with Crippen molar-refractivity contribution < 1.29 is 4.74 Å². The van der Waals surface area contributed by atoms with Gasteiger partial charge in [0.2, 0.25) is 0 Å². The average molecular weight is 283 g/mol. The molecule has 0 aliphatic heterocycles. The standard InChI is InChI=1S/C19H25NO/c1-13(2)20-12-17-7-6-14(3)10-18(17)16-8-9-19(21-5)15(4)11-16/h6-11,13,20H,12H2,1-5H3. The number of ether oxygens (including phenoxy) is 1. The lowest BCUT2D eigenvalue weighted by atomic mass is 9.96. The lowest BCUT2D eigenvalue weighted by molar-refractivity contribution is 0.412. The molecular formula is C19H25NO. The van der Waals surface area contributed by atoms with Gasteiger partial charge in [-0.2, -0.15) is 0 Å². The van der Waals surface area contributed by atoms with Crippen LogP contribution >= 0.6 is 0 Å². The summed E-state index contributed by atoms with van der Waals surface area (Å²) in [6.07, 6.45) is 0. The van der Waals surface area contributed by atoms with Crippen molar-refractivity contribution in [3.8, 4) is 16.9 Å². The van der Waals surface area contributed by atoms with E-state index < -0.39 is 0 Å². The molecule has 2 aromatic rings. The highest BCUT2D eigenvalue weighted by Gasteiger charge is 2.08. The van der Waals surface area contributed by atoms with Crippen molar-refractivity contribution in [3.05, 3.63) is 53.1 Å². The van der Waals surface area contributed by atoms with Crippen LogP contribution < -0.4 is 10.1 Å². The summed E-state index contributed by atoms with van der Waals surface area (Å²) in [5.41, 5.74) is 6.33. The summed E-state index contributed by atoms with van der Waals surface area (Å²) in [5.74, 6) is 0.938. The fourth-order valence-electron chi connectivity index (χ4n) is 2.47. The molecule has 112 valence electrons. The van der Waals surface area contributed by atoms with Crippen molar-refractivity contribution in [1.29, 1.82) is 0 Å². The molecule has 0 fully saturated rings. The topological polar surface area (TPSA) is 21.3 Å². The number of rotatable bonds is 5. The van der Waals surface area contributed by atoms with Gasteiger partial charge in [-0.25, -0.2) is 0 Å². The van der Waals surface area contributed by atoms with Crippen molar-refractivity contribution in [2.24, 2.45) is 0 Å². The molecule has 0 radical (unpaired) electrons. The lowest BCUT2D eigenvalue weighted by Crippen LogP contribution is -2.22. The zero-order chi connectivity index (χ0) is 15.4. The van der Waals surface area contributed by atoms with E-state index in [9.17, 15) is 0 Å². The number of aryl methyl sites for hydroxylation is 2. The van der Waals surface area contributed by atoms with Gasteiger partial charge in [0, 0.05) is 12.6 Å². The molecule has 0 amide bonds. The summed E-state index contributed by atoms with van der Waals surface area (Å²) < 4.78 is 5.36. The van der Waals surface area contributed by atoms with Gasteiger partial charge in [-0.05, 0) is 48.2 Å². The number of hydrogen-bond donors (Lipinski definition) is 1. The Kier molecular flexibility index (Phi) is 5.03. The first-order chi connectivity index (χ1) is 10.0. The van der Waals surface area contributed by atoms with Gasteiger partial charge in [-0.1, -0.05) is 43.7 Å². The van der Waals surface area contributed by atoms with Gasteiger partial charge in [0.1, 0.15) is 5.75 Å². The van der Waals surface area contributed by atoms with Crippen LogP contribution in [-0.4, -0.2) is 13.2 Å². The van der Waals surface area contributed by atoms with E-state index >= 15 is 0 Å². The Bertz CT molecular complexity index is 617. The molecule has 0 unspecified atom stereocenters. The van der Waals surface area contributed by atoms with Gasteiger partial charge in [0.25, 0.3) is 0 Å². The molecule has 0 saturated heterocycles. The molecule has 0 bridgehead atoms. The number of benzene rings is 2. The normalized spacial score (nSPS) is 11.0. The molecule has 21 heavy (non-hydrogen) atoms. The van der Waals surface area contributed by atoms with E-state index in [0.29, 0.717) is 6.04 Å². The zero-order valence-corrected chi connectivity index (χ0v) is 13.7. The Morgan fingerprint density at radius 3 is 2.43 bits per heavy atom. The van der Waals surface area contributed by atoms with Gasteiger partial charge < -0.3 is 10.1 Å². The maximum atomic E-state index is 5.36. The highest BCUT2D eigenvalue weighted by atomic mass is 16.5. The molecular weight excluding hydrogens is 258 g/mol. The minimum Gasteiger partial charge on any atom is -0.496 e. The maximum absolute atomic E-state index is 5.36. The van der Waals surface area contributed by atoms with Gasteiger partial charge in [-0.15, -0.1) is 0 Å². The second-order valence-electron chi connectivity index (χ2n) is 5.88. The van der Waals surface area contributed by atoms with Crippen molar-refractivity contribution in [3.63, 3.8) is 0 Å². The van der Waals surface area contributed by atoms with Crippen molar-refractivity contribution in [2.75, 3.05) is 7.11 Å². The quantitative estimate of drug-likeness (QED) is 0.873. The largest absolute Gasteiger partial charge is 0.496 e. The minimum absolute atomic E-state index is 0.483. The van der Waals surface area contributed by atoms with E-state index in [-0.39, 0.29) is 0 Å². The van der Waals surface area contributed by atoms with Gasteiger partial charge in [-0.3, -0.25) is 0 Å². The molecule has 0 aliphatic rings. The van der Waals surface area contributed by atoms with Crippen LogP contribution in [0.4, 0.5) is 0 Å². The van der Waals surface area contributed by atoms with Crippen LogP contribution in [0.15, 0.2) is 36.4 Å². The maximum Gasteiger partial charge on any atom is 0.121 e. The molecule has 0 spiro atoms. The molecule has 2 heteroatoms. The molecule has 0 saturated carbocycles. The summed E-state index contributed by atoms with van der Waals surface area (Å²) in [4.78, 5) is 0. The Morgan fingerprint density at radius 1 is 1.05 bits per heavy atom. The van der Waals surface area contributed by atoms with E-state index in [1.807, 2.05) is 6.07 Å². The van der Waals surface area contributed by atoms with Crippen LogP contribution in [-0.2, 0) is 6.54 Å². The Morgan fingerprint density at radius 2 is 1.81 bits per heavy atom. The van der Waals surface area contributed by atoms with E-state index in [1.54, 1.807) is 7.11 Å². The number of hydrogen-bond acceptors (Lipinski definition) is 2. The number of nitrogens with one attached hydrogen (secondary N) is 1. The van der Waals surface area contributed by atoms with Crippen molar-refractivity contribution in [2.45, 2.75) is 40.3 Å².